The first-order valence-electron chi connectivity index (χ1n) is 9.38. The van der Waals surface area contributed by atoms with Crippen molar-refractivity contribution in [3.63, 3.8) is 0 Å². The maximum absolute atomic E-state index is 9.35. The van der Waals surface area contributed by atoms with E-state index in [2.05, 4.69) is 38.8 Å². The fourth-order valence-corrected chi connectivity index (χ4v) is 3.36. The zero-order valence-corrected chi connectivity index (χ0v) is 18.6. The van der Waals surface area contributed by atoms with Crippen LogP contribution >= 0.6 is 24.0 Å². The van der Waals surface area contributed by atoms with Crippen LogP contribution in [0, 0.1) is 5.41 Å². The number of aromatic nitrogens is 1. The van der Waals surface area contributed by atoms with Gasteiger partial charge in [0.2, 0.25) is 0 Å². The summed E-state index contributed by atoms with van der Waals surface area (Å²) in [6.07, 6.45) is 3.51. The van der Waals surface area contributed by atoms with Gasteiger partial charge in [-0.3, -0.25) is 9.98 Å². The van der Waals surface area contributed by atoms with Crippen LogP contribution in [-0.2, 0) is 11.3 Å². The summed E-state index contributed by atoms with van der Waals surface area (Å²) in [6, 6.07) is 14.3. The third-order valence-corrected chi connectivity index (χ3v) is 5.03. The van der Waals surface area contributed by atoms with Crippen molar-refractivity contribution in [2.75, 3.05) is 33.4 Å². The summed E-state index contributed by atoms with van der Waals surface area (Å²) in [5.74, 6) is 0.752. The van der Waals surface area contributed by atoms with E-state index in [1.807, 2.05) is 24.3 Å². The number of halogens is 1. The number of benzene rings is 1. The van der Waals surface area contributed by atoms with E-state index in [4.69, 9.17) is 4.74 Å². The molecule has 1 aromatic carbocycles. The molecule has 0 spiro atoms. The molecule has 6 nitrogen and oxygen atoms in total. The first-order valence-corrected chi connectivity index (χ1v) is 9.38. The molecule has 28 heavy (non-hydrogen) atoms. The molecule has 1 atom stereocenters. The number of pyridine rings is 1. The lowest BCUT2D eigenvalue weighted by Crippen LogP contribution is -2.44. The van der Waals surface area contributed by atoms with Crippen molar-refractivity contribution in [1.29, 1.82) is 0 Å². The SMILES string of the molecule is CN=C(NCc1cccc(-c2ccccn2)c1)NCC1(CCO)CCOC1.I. The van der Waals surface area contributed by atoms with E-state index < -0.39 is 0 Å². The van der Waals surface area contributed by atoms with Crippen LogP contribution in [0.1, 0.15) is 18.4 Å². The van der Waals surface area contributed by atoms with Gasteiger partial charge in [0.05, 0.1) is 12.3 Å². The van der Waals surface area contributed by atoms with Crippen LogP contribution in [0.3, 0.4) is 0 Å². The molecule has 0 radical (unpaired) electrons. The van der Waals surface area contributed by atoms with E-state index >= 15 is 0 Å². The maximum atomic E-state index is 9.35. The van der Waals surface area contributed by atoms with Gasteiger partial charge in [-0.1, -0.05) is 24.3 Å². The Kier molecular flexibility index (Phi) is 9.14. The van der Waals surface area contributed by atoms with Crippen molar-refractivity contribution in [1.82, 2.24) is 15.6 Å². The summed E-state index contributed by atoms with van der Waals surface area (Å²) in [5.41, 5.74) is 3.22. The second-order valence-electron chi connectivity index (χ2n) is 6.97. The molecule has 1 aromatic heterocycles. The number of hydrogen-bond acceptors (Lipinski definition) is 4. The highest BCUT2D eigenvalue weighted by Gasteiger charge is 2.34. The van der Waals surface area contributed by atoms with Crippen LogP contribution in [0.2, 0.25) is 0 Å². The zero-order chi connectivity index (χ0) is 19.0. The van der Waals surface area contributed by atoms with Crippen molar-refractivity contribution >= 4 is 29.9 Å². The normalized spacial score (nSPS) is 19.1. The number of ether oxygens (including phenoxy) is 1. The lowest BCUT2D eigenvalue weighted by atomic mass is 9.84. The predicted molar refractivity (Wildman–Crippen MR) is 123 cm³/mol. The predicted octanol–water partition coefficient (Wildman–Crippen LogP) is 2.82. The molecule has 3 N–H and O–H groups in total. The molecule has 1 unspecified atom stereocenters. The molecule has 152 valence electrons. The molecule has 0 saturated carbocycles. The van der Waals surface area contributed by atoms with Gasteiger partial charge in [0.1, 0.15) is 0 Å². The van der Waals surface area contributed by atoms with Crippen molar-refractivity contribution in [2.24, 2.45) is 10.4 Å². The molecule has 1 saturated heterocycles. The zero-order valence-electron chi connectivity index (χ0n) is 16.2. The average molecular weight is 496 g/mol. The van der Waals surface area contributed by atoms with Gasteiger partial charge in [0.25, 0.3) is 0 Å². The summed E-state index contributed by atoms with van der Waals surface area (Å²) in [6.45, 7) is 3.03. The van der Waals surface area contributed by atoms with E-state index in [-0.39, 0.29) is 36.0 Å². The van der Waals surface area contributed by atoms with Gasteiger partial charge in [-0.05, 0) is 36.6 Å². The summed E-state index contributed by atoms with van der Waals surface area (Å²) in [5, 5.41) is 16.1. The number of nitrogens with one attached hydrogen (secondary N) is 2. The highest BCUT2D eigenvalue weighted by atomic mass is 127. The van der Waals surface area contributed by atoms with Gasteiger partial charge < -0.3 is 20.5 Å². The molecule has 0 aliphatic carbocycles. The van der Waals surface area contributed by atoms with Crippen LogP contribution in [0.4, 0.5) is 0 Å². The van der Waals surface area contributed by atoms with Crippen LogP contribution in [0.5, 0.6) is 0 Å². The summed E-state index contributed by atoms with van der Waals surface area (Å²) in [7, 11) is 1.77. The van der Waals surface area contributed by atoms with Gasteiger partial charge in [-0.15, -0.1) is 24.0 Å². The minimum Gasteiger partial charge on any atom is -0.396 e. The molecule has 1 aliphatic heterocycles. The van der Waals surface area contributed by atoms with Crippen LogP contribution in [-0.4, -0.2) is 49.5 Å². The number of nitrogens with zero attached hydrogens (tertiary/aromatic N) is 2. The van der Waals surface area contributed by atoms with Crippen molar-refractivity contribution < 1.29 is 9.84 Å². The number of aliphatic hydroxyl groups excluding tert-OH is 1. The molecule has 0 bridgehead atoms. The van der Waals surface area contributed by atoms with E-state index in [0.29, 0.717) is 13.2 Å². The standard InChI is InChI=1S/C21H28N4O2.HI/c1-22-20(25-15-21(8-11-26)9-12-27-16-21)24-14-17-5-4-6-18(13-17)19-7-2-3-10-23-19;/h2-7,10,13,26H,8-9,11-12,14-16H2,1H3,(H2,22,24,25);1H. The maximum Gasteiger partial charge on any atom is 0.191 e. The van der Waals surface area contributed by atoms with Gasteiger partial charge in [-0.25, -0.2) is 0 Å². The first-order chi connectivity index (χ1) is 13.2. The van der Waals surface area contributed by atoms with E-state index in [0.717, 1.165) is 48.8 Å². The van der Waals surface area contributed by atoms with Crippen LogP contribution in [0.25, 0.3) is 11.3 Å². The molecule has 7 heteroatoms. The molecule has 1 aliphatic rings. The van der Waals surface area contributed by atoms with Crippen molar-refractivity contribution in [2.45, 2.75) is 19.4 Å². The van der Waals surface area contributed by atoms with Gasteiger partial charge in [0, 0.05) is 50.5 Å². The monoisotopic (exact) mass is 496 g/mol. The van der Waals surface area contributed by atoms with E-state index in [1.54, 1.807) is 13.2 Å². The van der Waals surface area contributed by atoms with Gasteiger partial charge in [-0.2, -0.15) is 0 Å². The van der Waals surface area contributed by atoms with Crippen molar-refractivity contribution in [3.05, 3.63) is 54.2 Å². The molecule has 3 rings (SSSR count). The molecule has 0 amide bonds. The van der Waals surface area contributed by atoms with Gasteiger partial charge in [0.15, 0.2) is 5.96 Å². The molecular weight excluding hydrogens is 467 g/mol. The van der Waals surface area contributed by atoms with E-state index in [1.165, 1.54) is 0 Å². The van der Waals surface area contributed by atoms with Crippen molar-refractivity contribution in [3.8, 4) is 11.3 Å². The van der Waals surface area contributed by atoms with Crippen LogP contribution in [0.15, 0.2) is 53.7 Å². The lowest BCUT2D eigenvalue weighted by Gasteiger charge is -2.27. The van der Waals surface area contributed by atoms with Crippen LogP contribution < -0.4 is 10.6 Å². The number of rotatable bonds is 7. The third kappa shape index (κ3) is 6.15. The third-order valence-electron chi connectivity index (χ3n) is 5.03. The number of guanidine groups is 1. The average Bonchev–Trinajstić information content (AvgIpc) is 3.18. The topological polar surface area (TPSA) is 78.8 Å². The highest BCUT2D eigenvalue weighted by molar-refractivity contribution is 14.0. The Hall–Kier alpha value is -1.71. The Morgan fingerprint density at radius 2 is 2.14 bits per heavy atom. The number of aliphatic imine (C=N–C) groups is 1. The Morgan fingerprint density at radius 3 is 2.82 bits per heavy atom. The quantitative estimate of drug-likeness (QED) is 0.312. The summed E-state index contributed by atoms with van der Waals surface area (Å²) >= 11 is 0. The molecule has 2 heterocycles. The second kappa shape index (κ2) is 11.3. The number of aliphatic hydroxyl groups is 1. The first kappa shape index (κ1) is 22.6. The summed E-state index contributed by atoms with van der Waals surface area (Å²) in [4.78, 5) is 8.73. The fraction of sp³-hybridized carbons (Fsp3) is 0.429. The molecule has 2 aromatic rings. The largest absolute Gasteiger partial charge is 0.396 e. The Bertz CT molecular complexity index is 749. The summed E-state index contributed by atoms with van der Waals surface area (Å²) < 4.78 is 5.55. The second-order valence-corrected chi connectivity index (χ2v) is 6.97. The lowest BCUT2D eigenvalue weighted by molar-refractivity contribution is 0.127. The van der Waals surface area contributed by atoms with E-state index in [9.17, 15) is 5.11 Å². The Labute approximate surface area is 183 Å². The fourth-order valence-electron chi connectivity index (χ4n) is 3.36. The Morgan fingerprint density at radius 1 is 1.25 bits per heavy atom. The Balaban J connectivity index is 0.00000280. The molecule has 1 fully saturated rings. The van der Waals surface area contributed by atoms with Gasteiger partial charge >= 0.3 is 0 Å². The minimum absolute atomic E-state index is 0. The highest BCUT2D eigenvalue weighted by Crippen LogP contribution is 2.31. The minimum atomic E-state index is -0.00867. The number of hydrogen-bond donors (Lipinski definition) is 3. The molecular formula is C21H29IN4O2. The smallest absolute Gasteiger partial charge is 0.191 e.